The lowest BCUT2D eigenvalue weighted by atomic mass is 10.1. The van der Waals surface area contributed by atoms with Crippen LogP contribution in [0.1, 0.15) is 12.5 Å². The van der Waals surface area contributed by atoms with Crippen molar-refractivity contribution in [2.24, 2.45) is 0 Å². The number of rotatable bonds is 4. The molecule has 0 bridgehead atoms. The van der Waals surface area contributed by atoms with Crippen molar-refractivity contribution in [2.45, 2.75) is 24.8 Å². The molecule has 0 N–H and O–H groups in total. The molecule has 1 aliphatic rings. The van der Waals surface area contributed by atoms with Gasteiger partial charge in [0.1, 0.15) is 11.0 Å². The summed E-state index contributed by atoms with van der Waals surface area (Å²) in [4.78, 5) is 15.9. The highest BCUT2D eigenvalue weighted by atomic mass is 35.5. The Kier molecular flexibility index (Phi) is 5.55. The Labute approximate surface area is 196 Å². The monoisotopic (exact) mass is 483 g/mol. The highest BCUT2D eigenvalue weighted by Crippen LogP contribution is 2.31. The second-order valence-corrected chi connectivity index (χ2v) is 10.1. The predicted octanol–water partition coefficient (Wildman–Crippen LogP) is 3.92. The molecule has 1 atom stereocenters. The zero-order valence-corrected chi connectivity index (χ0v) is 19.7. The van der Waals surface area contributed by atoms with Gasteiger partial charge in [0.25, 0.3) is 10.0 Å². The maximum Gasteiger partial charge on any atom is 0.269 e. The van der Waals surface area contributed by atoms with Crippen LogP contribution in [0, 0.1) is 6.92 Å². The number of ether oxygens (including phenoxy) is 1. The number of aromatic nitrogens is 4. The third kappa shape index (κ3) is 3.86. The van der Waals surface area contributed by atoms with Gasteiger partial charge in [0.05, 0.1) is 24.2 Å². The van der Waals surface area contributed by atoms with Gasteiger partial charge >= 0.3 is 0 Å². The van der Waals surface area contributed by atoms with Crippen molar-refractivity contribution in [1.29, 1.82) is 0 Å². The molecular weight excluding hydrogens is 462 g/mol. The molecule has 1 aromatic carbocycles. The number of benzene rings is 1. The van der Waals surface area contributed by atoms with Crippen molar-refractivity contribution in [3.05, 3.63) is 65.6 Å². The van der Waals surface area contributed by atoms with Crippen molar-refractivity contribution < 1.29 is 13.2 Å². The first-order chi connectivity index (χ1) is 15.9. The highest BCUT2D eigenvalue weighted by Gasteiger charge is 2.24. The van der Waals surface area contributed by atoms with Gasteiger partial charge in [-0.15, -0.1) is 0 Å². The molecule has 0 radical (unpaired) electrons. The molecule has 1 saturated heterocycles. The largest absolute Gasteiger partial charge is 0.377 e. The van der Waals surface area contributed by atoms with Crippen molar-refractivity contribution in [2.75, 3.05) is 24.7 Å². The standard InChI is InChI=1S/C23H22ClN5O3S/c1-15-5-3-4-6-19(15)33(30,31)29-10-8-18-17(7-9-25-23(18)29)22-26-20(24)13-21(27-22)28-11-12-32-14-16(28)2/h3-10,13,16H,11-12,14H2,1-2H3/t16-/m1/s1. The molecule has 8 nitrogen and oxygen atoms in total. The number of pyridine rings is 1. The SMILES string of the molecule is Cc1ccccc1S(=O)(=O)n1ccc2c(-c3nc(Cl)cc(N4CCOC[C@H]4C)n3)ccnc21. The summed E-state index contributed by atoms with van der Waals surface area (Å²) in [5.74, 6) is 1.12. The van der Waals surface area contributed by atoms with Crippen LogP contribution in [0.4, 0.5) is 5.82 Å². The number of fused-ring (bicyclic) bond motifs is 1. The van der Waals surface area contributed by atoms with Gasteiger partial charge in [-0.25, -0.2) is 27.3 Å². The minimum atomic E-state index is -3.83. The first-order valence-corrected chi connectivity index (χ1v) is 12.3. The Hall–Kier alpha value is -3.01. The van der Waals surface area contributed by atoms with Gasteiger partial charge in [0, 0.05) is 36.0 Å². The van der Waals surface area contributed by atoms with E-state index in [1.54, 1.807) is 49.5 Å². The van der Waals surface area contributed by atoms with E-state index in [1.807, 2.05) is 6.07 Å². The Morgan fingerprint density at radius 3 is 2.76 bits per heavy atom. The lowest BCUT2D eigenvalue weighted by molar-refractivity contribution is 0.0985. The van der Waals surface area contributed by atoms with E-state index in [9.17, 15) is 8.42 Å². The summed E-state index contributed by atoms with van der Waals surface area (Å²) in [6, 6.07) is 12.2. The van der Waals surface area contributed by atoms with Crippen LogP contribution in [-0.2, 0) is 14.8 Å². The average Bonchev–Trinajstić information content (AvgIpc) is 3.24. The number of anilines is 1. The summed E-state index contributed by atoms with van der Waals surface area (Å²) in [6.07, 6.45) is 3.07. The van der Waals surface area contributed by atoms with Gasteiger partial charge in [-0.2, -0.15) is 0 Å². The average molecular weight is 484 g/mol. The Bertz CT molecular complexity index is 1450. The van der Waals surface area contributed by atoms with Gasteiger partial charge < -0.3 is 9.64 Å². The third-order valence-electron chi connectivity index (χ3n) is 5.77. The summed E-state index contributed by atoms with van der Waals surface area (Å²) >= 11 is 6.37. The summed E-state index contributed by atoms with van der Waals surface area (Å²) in [7, 11) is -3.83. The number of aryl methyl sites for hydroxylation is 1. The normalized spacial score (nSPS) is 16.9. The Morgan fingerprint density at radius 1 is 1.15 bits per heavy atom. The molecule has 0 aliphatic carbocycles. The van der Waals surface area contributed by atoms with Crippen LogP contribution in [0.3, 0.4) is 0 Å². The third-order valence-corrected chi connectivity index (χ3v) is 7.79. The number of halogens is 1. The smallest absolute Gasteiger partial charge is 0.269 e. The lowest BCUT2D eigenvalue weighted by Gasteiger charge is -2.34. The Morgan fingerprint density at radius 2 is 1.97 bits per heavy atom. The molecule has 0 amide bonds. The molecule has 0 saturated carbocycles. The van der Waals surface area contributed by atoms with E-state index in [2.05, 4.69) is 21.8 Å². The molecule has 0 spiro atoms. The van der Waals surface area contributed by atoms with Gasteiger partial charge in [-0.05, 0) is 37.6 Å². The van der Waals surface area contributed by atoms with Gasteiger partial charge in [0.15, 0.2) is 11.5 Å². The molecule has 33 heavy (non-hydrogen) atoms. The minimum absolute atomic E-state index is 0.148. The molecule has 4 aromatic rings. The van der Waals surface area contributed by atoms with Gasteiger partial charge in [0.2, 0.25) is 0 Å². The molecular formula is C23H22ClN5O3S. The van der Waals surface area contributed by atoms with E-state index in [0.717, 1.165) is 0 Å². The molecule has 3 aromatic heterocycles. The van der Waals surface area contributed by atoms with Crippen molar-refractivity contribution in [3.63, 3.8) is 0 Å². The van der Waals surface area contributed by atoms with Crippen LogP contribution in [-0.4, -0.2) is 53.1 Å². The first-order valence-electron chi connectivity index (χ1n) is 10.5. The highest BCUT2D eigenvalue weighted by molar-refractivity contribution is 7.90. The number of hydrogen-bond acceptors (Lipinski definition) is 7. The van der Waals surface area contributed by atoms with E-state index < -0.39 is 10.0 Å². The van der Waals surface area contributed by atoms with Crippen LogP contribution < -0.4 is 4.90 Å². The van der Waals surface area contributed by atoms with E-state index in [4.69, 9.17) is 21.3 Å². The zero-order valence-electron chi connectivity index (χ0n) is 18.1. The lowest BCUT2D eigenvalue weighted by Crippen LogP contribution is -2.44. The molecule has 5 rings (SSSR count). The van der Waals surface area contributed by atoms with Gasteiger partial charge in [-0.3, -0.25) is 0 Å². The Balaban J connectivity index is 1.63. The van der Waals surface area contributed by atoms with Crippen LogP contribution >= 0.6 is 11.6 Å². The summed E-state index contributed by atoms with van der Waals surface area (Å²) in [5.41, 5.74) is 1.63. The summed E-state index contributed by atoms with van der Waals surface area (Å²) in [6.45, 7) is 5.75. The van der Waals surface area contributed by atoms with E-state index in [0.29, 0.717) is 58.7 Å². The molecule has 10 heteroatoms. The van der Waals surface area contributed by atoms with E-state index >= 15 is 0 Å². The van der Waals surface area contributed by atoms with Crippen molar-refractivity contribution in [1.82, 2.24) is 18.9 Å². The maximum atomic E-state index is 13.4. The molecule has 4 heterocycles. The fourth-order valence-electron chi connectivity index (χ4n) is 4.10. The number of nitrogens with zero attached hydrogens (tertiary/aromatic N) is 5. The molecule has 1 aliphatic heterocycles. The fraction of sp³-hybridized carbons (Fsp3) is 0.261. The van der Waals surface area contributed by atoms with Crippen molar-refractivity contribution >= 4 is 38.5 Å². The van der Waals surface area contributed by atoms with Crippen LogP contribution in [0.25, 0.3) is 22.4 Å². The number of morpholine rings is 1. The topological polar surface area (TPSA) is 90.2 Å². The summed E-state index contributed by atoms with van der Waals surface area (Å²) in [5, 5.41) is 0.934. The maximum absolute atomic E-state index is 13.4. The molecule has 170 valence electrons. The molecule has 0 unspecified atom stereocenters. The van der Waals surface area contributed by atoms with Crippen LogP contribution in [0.2, 0.25) is 5.15 Å². The van der Waals surface area contributed by atoms with Crippen LogP contribution in [0.15, 0.2) is 59.8 Å². The second-order valence-electron chi connectivity index (χ2n) is 7.97. The van der Waals surface area contributed by atoms with E-state index in [-0.39, 0.29) is 10.9 Å². The van der Waals surface area contributed by atoms with Gasteiger partial charge in [-0.1, -0.05) is 29.8 Å². The quantitative estimate of drug-likeness (QED) is 0.406. The number of hydrogen-bond donors (Lipinski definition) is 0. The zero-order chi connectivity index (χ0) is 23.2. The van der Waals surface area contributed by atoms with Crippen LogP contribution in [0.5, 0.6) is 0 Å². The van der Waals surface area contributed by atoms with Crippen molar-refractivity contribution in [3.8, 4) is 11.4 Å². The molecule has 1 fully saturated rings. The second kappa shape index (κ2) is 8.40. The first kappa shape index (κ1) is 21.8. The predicted molar refractivity (Wildman–Crippen MR) is 127 cm³/mol. The minimum Gasteiger partial charge on any atom is -0.377 e. The summed E-state index contributed by atoms with van der Waals surface area (Å²) < 4.78 is 33.5. The fourth-order valence-corrected chi connectivity index (χ4v) is 5.81. The van der Waals surface area contributed by atoms with E-state index in [1.165, 1.54) is 10.2 Å².